The summed E-state index contributed by atoms with van der Waals surface area (Å²) < 4.78 is 0. The highest BCUT2D eigenvalue weighted by Crippen LogP contribution is 2.34. The van der Waals surface area contributed by atoms with Gasteiger partial charge in [0.15, 0.2) is 0 Å². The maximum Gasteiger partial charge on any atom is 0.101 e. The summed E-state index contributed by atoms with van der Waals surface area (Å²) in [5.74, 6) is 0. The lowest BCUT2D eigenvalue weighted by molar-refractivity contribution is 1.16. The normalized spacial score (nSPS) is 10.8. The average molecular weight is 206 g/mol. The molecule has 76 valence electrons. The van der Waals surface area contributed by atoms with Gasteiger partial charge in [-0.05, 0) is 16.8 Å². The van der Waals surface area contributed by atoms with E-state index >= 15 is 0 Å². The highest BCUT2D eigenvalue weighted by Gasteiger charge is 2.05. The third-order valence-corrected chi connectivity index (χ3v) is 2.85. The fraction of sp³-hybridized carbons (Fsp3) is 0. The Morgan fingerprint density at radius 2 is 1.25 bits per heavy atom. The largest absolute Gasteiger partial charge is 0.204 e. The molecular weight excluding hydrogens is 196 g/mol. The van der Waals surface area contributed by atoms with E-state index in [1.54, 1.807) is 0 Å². The molecule has 3 rings (SSSR count). The lowest BCUT2D eigenvalue weighted by Crippen LogP contribution is -1.77. The molecule has 2 nitrogen and oxygen atoms in total. The van der Waals surface area contributed by atoms with Crippen LogP contribution in [0.3, 0.4) is 0 Å². The van der Waals surface area contributed by atoms with E-state index in [1.165, 1.54) is 0 Å². The van der Waals surface area contributed by atoms with Crippen LogP contribution in [0.5, 0.6) is 0 Å². The molecule has 0 atom stereocenters. The summed E-state index contributed by atoms with van der Waals surface area (Å²) in [7, 11) is 0. The van der Waals surface area contributed by atoms with Crippen molar-refractivity contribution in [2.75, 3.05) is 0 Å². The number of hydrogen-bond acceptors (Lipinski definition) is 2. The Morgan fingerprint density at radius 1 is 0.750 bits per heavy atom. The molecule has 0 fully saturated rings. The molecule has 0 unspecified atom stereocenters. The first-order chi connectivity index (χ1) is 7.90. The van der Waals surface area contributed by atoms with Gasteiger partial charge in [0.2, 0.25) is 0 Å². The Bertz CT molecular complexity index is 632. The second-order valence-corrected chi connectivity index (χ2v) is 3.78. The van der Waals surface area contributed by atoms with Crippen molar-refractivity contribution in [2.45, 2.75) is 0 Å². The highest BCUT2D eigenvalue weighted by molar-refractivity contribution is 6.09. The van der Waals surface area contributed by atoms with Crippen LogP contribution in [-0.2, 0) is 0 Å². The number of benzene rings is 3. The van der Waals surface area contributed by atoms with Gasteiger partial charge in [-0.3, -0.25) is 0 Å². The van der Waals surface area contributed by atoms with Crippen molar-refractivity contribution in [1.82, 2.24) is 0 Å². The van der Waals surface area contributed by atoms with Crippen molar-refractivity contribution in [1.29, 1.82) is 5.53 Å². The molecule has 0 bridgehead atoms. The lowest BCUT2D eigenvalue weighted by Gasteiger charge is -2.05. The summed E-state index contributed by atoms with van der Waals surface area (Å²) in [6, 6.07) is 18.2. The van der Waals surface area contributed by atoms with Crippen LogP contribution in [0.1, 0.15) is 0 Å². The van der Waals surface area contributed by atoms with Gasteiger partial charge in [-0.15, -0.1) is 0 Å². The molecule has 0 aliphatic rings. The van der Waals surface area contributed by atoms with Crippen molar-refractivity contribution in [2.24, 2.45) is 5.11 Å². The minimum Gasteiger partial charge on any atom is -0.204 e. The topological polar surface area (TPSA) is 36.2 Å². The summed E-state index contributed by atoms with van der Waals surface area (Å²) in [6.45, 7) is 0. The molecule has 0 saturated carbocycles. The van der Waals surface area contributed by atoms with Crippen LogP contribution < -0.4 is 0 Å². The van der Waals surface area contributed by atoms with Crippen molar-refractivity contribution in [3.05, 3.63) is 54.6 Å². The summed E-state index contributed by atoms with van der Waals surface area (Å²) in [6.07, 6.45) is 0. The van der Waals surface area contributed by atoms with Gasteiger partial charge >= 0.3 is 0 Å². The summed E-state index contributed by atoms with van der Waals surface area (Å²) in [4.78, 5) is 0. The van der Waals surface area contributed by atoms with E-state index in [0.29, 0.717) is 0 Å². The Morgan fingerprint density at radius 3 is 1.75 bits per heavy atom. The molecule has 16 heavy (non-hydrogen) atoms. The summed E-state index contributed by atoms with van der Waals surface area (Å²) in [5.41, 5.74) is 8.09. The molecule has 0 aliphatic carbocycles. The van der Waals surface area contributed by atoms with Crippen LogP contribution in [-0.4, -0.2) is 0 Å². The minimum absolute atomic E-state index is 0.758. The Kier molecular flexibility index (Phi) is 1.93. The van der Waals surface area contributed by atoms with Gasteiger partial charge in [-0.2, -0.15) is 5.11 Å². The highest BCUT2D eigenvalue weighted by atomic mass is 15.0. The van der Waals surface area contributed by atoms with Gasteiger partial charge in [-0.25, -0.2) is 5.53 Å². The van der Waals surface area contributed by atoms with Crippen LogP contribution in [0.2, 0.25) is 0 Å². The Hall–Kier alpha value is -2.22. The van der Waals surface area contributed by atoms with Gasteiger partial charge in [0.1, 0.15) is 5.69 Å². The van der Waals surface area contributed by atoms with E-state index in [4.69, 9.17) is 5.53 Å². The number of rotatable bonds is 1. The van der Waals surface area contributed by atoms with Crippen molar-refractivity contribution in [3.8, 4) is 0 Å². The predicted octanol–water partition coefficient (Wildman–Crippen LogP) is 4.66. The standard InChI is InChI=1S/C14H10N2/c15-16-14-12-7-3-1-5-10(12)9-11-6-2-4-8-13(11)14/h1-9,15H. The molecule has 2 heteroatoms. The van der Waals surface area contributed by atoms with Crippen molar-refractivity contribution >= 4 is 27.2 Å². The van der Waals surface area contributed by atoms with Gasteiger partial charge in [0.25, 0.3) is 0 Å². The van der Waals surface area contributed by atoms with Crippen molar-refractivity contribution in [3.63, 3.8) is 0 Å². The number of nitrogens with one attached hydrogen (secondary N) is 1. The quantitative estimate of drug-likeness (QED) is 0.444. The van der Waals surface area contributed by atoms with E-state index in [-0.39, 0.29) is 0 Å². The fourth-order valence-corrected chi connectivity index (χ4v) is 2.11. The zero-order valence-electron chi connectivity index (χ0n) is 8.64. The monoisotopic (exact) mass is 206 g/mol. The molecule has 0 radical (unpaired) electrons. The molecule has 0 aliphatic heterocycles. The Labute approximate surface area is 93.0 Å². The van der Waals surface area contributed by atoms with E-state index in [0.717, 1.165) is 27.2 Å². The fourth-order valence-electron chi connectivity index (χ4n) is 2.11. The zero-order chi connectivity index (χ0) is 11.0. The van der Waals surface area contributed by atoms with E-state index < -0.39 is 0 Å². The van der Waals surface area contributed by atoms with Crippen LogP contribution in [0.4, 0.5) is 5.69 Å². The van der Waals surface area contributed by atoms with Crippen LogP contribution in [0, 0.1) is 5.53 Å². The molecule has 3 aromatic carbocycles. The maximum absolute atomic E-state index is 7.33. The molecule has 0 aromatic heterocycles. The first kappa shape index (κ1) is 9.04. The minimum atomic E-state index is 0.758. The molecule has 0 spiro atoms. The van der Waals surface area contributed by atoms with E-state index in [9.17, 15) is 0 Å². The van der Waals surface area contributed by atoms with E-state index in [2.05, 4.69) is 23.3 Å². The predicted molar refractivity (Wildman–Crippen MR) is 66.3 cm³/mol. The molecule has 0 amide bonds. The van der Waals surface area contributed by atoms with Gasteiger partial charge in [-0.1, -0.05) is 48.5 Å². The van der Waals surface area contributed by atoms with Gasteiger partial charge in [0, 0.05) is 10.8 Å². The molecule has 0 heterocycles. The first-order valence-corrected chi connectivity index (χ1v) is 5.18. The van der Waals surface area contributed by atoms with Crippen LogP contribution in [0.25, 0.3) is 21.5 Å². The smallest absolute Gasteiger partial charge is 0.101 e. The SMILES string of the molecule is N=Nc1c2ccccc2cc2ccccc12. The third-order valence-electron chi connectivity index (χ3n) is 2.85. The lowest BCUT2D eigenvalue weighted by atomic mass is 10.0. The zero-order valence-corrected chi connectivity index (χ0v) is 8.64. The first-order valence-electron chi connectivity index (χ1n) is 5.18. The summed E-state index contributed by atoms with van der Waals surface area (Å²) in [5, 5.41) is 8.02. The summed E-state index contributed by atoms with van der Waals surface area (Å²) >= 11 is 0. The molecule has 1 N–H and O–H groups in total. The maximum atomic E-state index is 7.33. The second kappa shape index (κ2) is 3.42. The number of hydrogen-bond donors (Lipinski definition) is 1. The van der Waals surface area contributed by atoms with Gasteiger partial charge in [0.05, 0.1) is 0 Å². The van der Waals surface area contributed by atoms with E-state index in [1.807, 2.05) is 36.4 Å². The second-order valence-electron chi connectivity index (χ2n) is 3.78. The third kappa shape index (κ3) is 1.20. The van der Waals surface area contributed by atoms with Crippen molar-refractivity contribution < 1.29 is 0 Å². The Balaban J connectivity index is 2.61. The molecular formula is C14H10N2. The van der Waals surface area contributed by atoms with Crippen LogP contribution >= 0.6 is 0 Å². The number of fused-ring (bicyclic) bond motifs is 2. The molecule has 0 saturated heterocycles. The number of nitrogens with zero attached hydrogens (tertiary/aromatic N) is 1. The van der Waals surface area contributed by atoms with Crippen LogP contribution in [0.15, 0.2) is 59.7 Å². The molecule has 3 aromatic rings. The average Bonchev–Trinajstić information content (AvgIpc) is 2.36. The van der Waals surface area contributed by atoms with Gasteiger partial charge < -0.3 is 0 Å².